The summed E-state index contributed by atoms with van der Waals surface area (Å²) >= 11 is 6.01. The Morgan fingerprint density at radius 2 is 2.29 bits per heavy atom. The van der Waals surface area contributed by atoms with Gasteiger partial charge in [-0.1, -0.05) is 23.7 Å². The molecular formula is C13H16ClN5O2. The summed E-state index contributed by atoms with van der Waals surface area (Å²) in [4.78, 5) is 20.3. The van der Waals surface area contributed by atoms with Crippen LogP contribution in [-0.2, 0) is 6.54 Å². The van der Waals surface area contributed by atoms with Crippen molar-refractivity contribution in [3.05, 3.63) is 34.6 Å². The van der Waals surface area contributed by atoms with Crippen LogP contribution in [0.4, 0.5) is 5.82 Å². The average Bonchev–Trinajstić information content (AvgIpc) is 2.89. The molecule has 0 radical (unpaired) electrons. The lowest BCUT2D eigenvalue weighted by Gasteiger charge is -2.08. The minimum Gasteiger partial charge on any atom is -0.370 e. The second-order valence-electron chi connectivity index (χ2n) is 4.39. The number of hydrogen-bond acceptors (Lipinski definition) is 6. The van der Waals surface area contributed by atoms with Crippen LogP contribution < -0.4 is 10.6 Å². The molecule has 2 heterocycles. The number of aromatic nitrogens is 3. The van der Waals surface area contributed by atoms with Crippen LogP contribution in [0, 0.1) is 6.92 Å². The largest absolute Gasteiger partial charge is 0.370 e. The molecule has 0 atom stereocenters. The Morgan fingerprint density at radius 3 is 2.95 bits per heavy atom. The first-order chi connectivity index (χ1) is 10.1. The lowest BCUT2D eigenvalue weighted by molar-refractivity contribution is 0.0949. The molecule has 1 amide bonds. The van der Waals surface area contributed by atoms with E-state index in [0.29, 0.717) is 28.1 Å². The monoisotopic (exact) mass is 309 g/mol. The molecule has 8 heteroatoms. The fourth-order valence-electron chi connectivity index (χ4n) is 1.63. The van der Waals surface area contributed by atoms with Gasteiger partial charge in [-0.05, 0) is 12.5 Å². The maximum Gasteiger partial charge on any atom is 0.253 e. The van der Waals surface area contributed by atoms with Crippen molar-refractivity contribution >= 4 is 23.3 Å². The Bertz CT molecular complexity index is 629. The number of nitrogens with one attached hydrogen (secondary N) is 2. The zero-order chi connectivity index (χ0) is 15.2. The van der Waals surface area contributed by atoms with E-state index in [9.17, 15) is 4.79 Å². The number of amides is 1. The highest BCUT2D eigenvalue weighted by atomic mass is 35.5. The van der Waals surface area contributed by atoms with E-state index in [2.05, 4.69) is 25.8 Å². The molecule has 7 nitrogen and oxygen atoms in total. The molecule has 0 aliphatic rings. The molecule has 0 saturated heterocycles. The molecule has 0 bridgehead atoms. The Morgan fingerprint density at radius 1 is 1.48 bits per heavy atom. The maximum absolute atomic E-state index is 12.1. The lowest BCUT2D eigenvalue weighted by atomic mass is 10.2. The molecule has 2 rings (SSSR count). The molecule has 112 valence electrons. The summed E-state index contributed by atoms with van der Waals surface area (Å²) < 4.78 is 4.83. The summed E-state index contributed by atoms with van der Waals surface area (Å²) in [5, 5.41) is 9.79. The zero-order valence-electron chi connectivity index (χ0n) is 11.8. The molecule has 2 N–H and O–H groups in total. The van der Waals surface area contributed by atoms with E-state index in [0.717, 1.165) is 13.0 Å². The SMILES string of the molecule is CCCNc1cc(C(=O)NCc2noc(C)n2)c(Cl)cn1. The quantitative estimate of drug-likeness (QED) is 0.849. The number of carbonyl (C=O) groups excluding carboxylic acids is 1. The topological polar surface area (TPSA) is 92.9 Å². The third kappa shape index (κ3) is 4.16. The lowest BCUT2D eigenvalue weighted by Crippen LogP contribution is -2.24. The van der Waals surface area contributed by atoms with Gasteiger partial charge in [0.2, 0.25) is 5.89 Å². The standard InChI is InChI=1S/C13H16ClN5O2/c1-3-4-15-11-5-9(10(14)6-16-11)13(20)17-7-12-18-8(2)21-19-12/h5-6H,3-4,7H2,1-2H3,(H,15,16)(H,17,20). The first-order valence-corrected chi connectivity index (χ1v) is 6.94. The number of nitrogens with zero attached hydrogens (tertiary/aromatic N) is 3. The Kier molecular flexibility index (Phi) is 5.10. The van der Waals surface area contributed by atoms with Crippen molar-refractivity contribution in [2.75, 3.05) is 11.9 Å². The number of hydrogen-bond donors (Lipinski definition) is 2. The van der Waals surface area contributed by atoms with E-state index in [-0.39, 0.29) is 12.5 Å². The second kappa shape index (κ2) is 7.03. The predicted octanol–water partition coefficient (Wildman–Crippen LogP) is 2.18. The molecule has 0 fully saturated rings. The van der Waals surface area contributed by atoms with Crippen molar-refractivity contribution in [2.24, 2.45) is 0 Å². The minimum absolute atomic E-state index is 0.173. The molecule has 0 saturated carbocycles. The first-order valence-electron chi connectivity index (χ1n) is 6.57. The van der Waals surface area contributed by atoms with Crippen molar-refractivity contribution in [3.63, 3.8) is 0 Å². The second-order valence-corrected chi connectivity index (χ2v) is 4.80. The predicted molar refractivity (Wildman–Crippen MR) is 78.2 cm³/mol. The van der Waals surface area contributed by atoms with Gasteiger partial charge < -0.3 is 15.2 Å². The van der Waals surface area contributed by atoms with Gasteiger partial charge in [0.15, 0.2) is 5.82 Å². The number of carbonyl (C=O) groups is 1. The highest BCUT2D eigenvalue weighted by molar-refractivity contribution is 6.33. The number of aryl methyl sites for hydroxylation is 1. The van der Waals surface area contributed by atoms with Crippen LogP contribution in [0.25, 0.3) is 0 Å². The van der Waals surface area contributed by atoms with Crippen molar-refractivity contribution < 1.29 is 9.32 Å². The molecule has 2 aromatic heterocycles. The van der Waals surface area contributed by atoms with Crippen molar-refractivity contribution in [1.82, 2.24) is 20.4 Å². The third-order valence-corrected chi connectivity index (χ3v) is 2.93. The molecular weight excluding hydrogens is 294 g/mol. The summed E-state index contributed by atoms with van der Waals surface area (Å²) in [6.07, 6.45) is 2.41. The van der Waals surface area contributed by atoms with Gasteiger partial charge in [-0.3, -0.25) is 4.79 Å². The van der Waals surface area contributed by atoms with E-state index < -0.39 is 0 Å². The number of pyridine rings is 1. The molecule has 0 aromatic carbocycles. The van der Waals surface area contributed by atoms with E-state index in [1.54, 1.807) is 13.0 Å². The highest BCUT2D eigenvalue weighted by Gasteiger charge is 2.13. The highest BCUT2D eigenvalue weighted by Crippen LogP contribution is 2.18. The summed E-state index contributed by atoms with van der Waals surface area (Å²) in [5.41, 5.74) is 0.352. The fourth-order valence-corrected chi connectivity index (χ4v) is 1.82. The molecule has 0 aliphatic heterocycles. The van der Waals surface area contributed by atoms with Gasteiger partial charge in [0.05, 0.1) is 17.1 Å². The average molecular weight is 310 g/mol. The van der Waals surface area contributed by atoms with Gasteiger partial charge in [0.25, 0.3) is 5.91 Å². The molecule has 0 spiro atoms. The summed E-state index contributed by atoms with van der Waals surface area (Å²) in [5.74, 6) is 1.16. The van der Waals surface area contributed by atoms with Crippen LogP contribution in [0.1, 0.15) is 35.4 Å². The summed E-state index contributed by atoms with van der Waals surface area (Å²) in [6.45, 7) is 4.68. The third-order valence-electron chi connectivity index (χ3n) is 2.63. The number of anilines is 1. The van der Waals surface area contributed by atoms with Crippen LogP contribution >= 0.6 is 11.6 Å². The van der Waals surface area contributed by atoms with E-state index in [1.807, 2.05) is 6.92 Å². The Labute approximate surface area is 127 Å². The molecule has 0 aliphatic carbocycles. The van der Waals surface area contributed by atoms with Crippen LogP contribution in [0.15, 0.2) is 16.8 Å². The first kappa shape index (κ1) is 15.2. The number of halogens is 1. The van der Waals surface area contributed by atoms with Crippen LogP contribution in [0.5, 0.6) is 0 Å². The van der Waals surface area contributed by atoms with Gasteiger partial charge in [0, 0.05) is 19.7 Å². The van der Waals surface area contributed by atoms with Crippen molar-refractivity contribution in [3.8, 4) is 0 Å². The summed E-state index contributed by atoms with van der Waals surface area (Å²) in [7, 11) is 0. The van der Waals surface area contributed by atoms with Gasteiger partial charge in [-0.25, -0.2) is 4.98 Å². The Hall–Kier alpha value is -2.15. The van der Waals surface area contributed by atoms with Gasteiger partial charge in [0.1, 0.15) is 5.82 Å². The van der Waals surface area contributed by atoms with Crippen LogP contribution in [0.3, 0.4) is 0 Å². The van der Waals surface area contributed by atoms with Crippen molar-refractivity contribution in [1.29, 1.82) is 0 Å². The van der Waals surface area contributed by atoms with Gasteiger partial charge in [-0.2, -0.15) is 4.98 Å². The van der Waals surface area contributed by atoms with E-state index in [4.69, 9.17) is 16.1 Å². The minimum atomic E-state index is -0.315. The normalized spacial score (nSPS) is 10.4. The molecule has 0 unspecified atom stereocenters. The van der Waals surface area contributed by atoms with Crippen LogP contribution in [-0.4, -0.2) is 27.6 Å². The van der Waals surface area contributed by atoms with Crippen molar-refractivity contribution in [2.45, 2.75) is 26.8 Å². The summed E-state index contributed by atoms with van der Waals surface area (Å²) in [6, 6.07) is 1.62. The van der Waals surface area contributed by atoms with E-state index in [1.165, 1.54) is 6.20 Å². The smallest absolute Gasteiger partial charge is 0.253 e. The molecule has 2 aromatic rings. The zero-order valence-corrected chi connectivity index (χ0v) is 12.6. The maximum atomic E-state index is 12.1. The van der Waals surface area contributed by atoms with E-state index >= 15 is 0 Å². The van der Waals surface area contributed by atoms with Crippen LogP contribution in [0.2, 0.25) is 5.02 Å². The van der Waals surface area contributed by atoms with Gasteiger partial charge >= 0.3 is 0 Å². The molecule has 21 heavy (non-hydrogen) atoms. The number of rotatable bonds is 6. The Balaban J connectivity index is 2.03. The fraction of sp³-hybridized carbons (Fsp3) is 0.385. The van der Waals surface area contributed by atoms with Gasteiger partial charge in [-0.15, -0.1) is 0 Å².